The van der Waals surface area contributed by atoms with Gasteiger partial charge in [0.05, 0.1) is 26.5 Å². The lowest BCUT2D eigenvalue weighted by Crippen LogP contribution is -2.23. The molecule has 0 radical (unpaired) electrons. The van der Waals surface area contributed by atoms with Crippen LogP contribution in [0, 0.1) is 5.82 Å². The van der Waals surface area contributed by atoms with E-state index in [1.165, 1.54) is 12.1 Å². The van der Waals surface area contributed by atoms with Crippen LogP contribution in [0.1, 0.15) is 17.5 Å². The van der Waals surface area contributed by atoms with Gasteiger partial charge in [-0.15, -0.1) is 5.10 Å². The molecule has 1 fully saturated rings. The zero-order valence-electron chi connectivity index (χ0n) is 14.4. The van der Waals surface area contributed by atoms with Crippen molar-refractivity contribution in [2.24, 2.45) is 0 Å². The molecule has 1 aliphatic rings. The van der Waals surface area contributed by atoms with Gasteiger partial charge in [0.1, 0.15) is 17.3 Å². The first kappa shape index (κ1) is 16.5. The van der Waals surface area contributed by atoms with Crippen LogP contribution in [0.5, 0.6) is 5.75 Å². The van der Waals surface area contributed by atoms with Gasteiger partial charge in [-0.1, -0.05) is 23.4 Å². The van der Waals surface area contributed by atoms with Crippen LogP contribution in [0.4, 0.5) is 10.1 Å². The van der Waals surface area contributed by atoms with Crippen molar-refractivity contribution >= 4 is 5.69 Å². The van der Waals surface area contributed by atoms with Gasteiger partial charge in [0, 0.05) is 18.3 Å². The highest BCUT2D eigenvalue weighted by molar-refractivity contribution is 5.52. The Morgan fingerprint density at radius 3 is 2.88 bits per heavy atom. The standard InChI is InChI=1S/C19H19FN4O2/c1-25-17-4-2-3-16(11-17)24-9-10-26-19(24)18-13-23(22-21-18)12-14-5-7-15(20)8-6-14/h2-8,11,13,19H,9-10,12H2,1H3/t19-/m0/s1. The summed E-state index contributed by atoms with van der Waals surface area (Å²) in [5, 5.41) is 8.45. The van der Waals surface area contributed by atoms with Crippen LogP contribution < -0.4 is 9.64 Å². The second kappa shape index (κ2) is 7.13. The lowest BCUT2D eigenvalue weighted by molar-refractivity contribution is 0.110. The molecule has 26 heavy (non-hydrogen) atoms. The Morgan fingerprint density at radius 2 is 2.08 bits per heavy atom. The second-order valence-electron chi connectivity index (χ2n) is 6.09. The molecule has 6 nitrogen and oxygen atoms in total. The van der Waals surface area contributed by atoms with Crippen LogP contribution >= 0.6 is 0 Å². The van der Waals surface area contributed by atoms with Gasteiger partial charge >= 0.3 is 0 Å². The highest BCUT2D eigenvalue weighted by Crippen LogP contribution is 2.32. The quantitative estimate of drug-likeness (QED) is 0.705. The number of ether oxygens (including phenoxy) is 2. The maximum atomic E-state index is 13.0. The zero-order chi connectivity index (χ0) is 17.9. The van der Waals surface area contributed by atoms with Crippen molar-refractivity contribution in [3.05, 3.63) is 71.8 Å². The van der Waals surface area contributed by atoms with Crippen LogP contribution in [0.15, 0.2) is 54.7 Å². The topological polar surface area (TPSA) is 52.4 Å². The van der Waals surface area contributed by atoms with Crippen LogP contribution in [0.25, 0.3) is 0 Å². The smallest absolute Gasteiger partial charge is 0.177 e. The first-order valence-corrected chi connectivity index (χ1v) is 8.40. The maximum absolute atomic E-state index is 13.0. The predicted molar refractivity (Wildman–Crippen MR) is 94.6 cm³/mol. The Balaban J connectivity index is 1.53. The van der Waals surface area contributed by atoms with E-state index in [1.54, 1.807) is 23.9 Å². The second-order valence-corrected chi connectivity index (χ2v) is 6.09. The molecular weight excluding hydrogens is 335 g/mol. The third-order valence-electron chi connectivity index (χ3n) is 4.34. The Bertz CT molecular complexity index is 881. The Labute approximate surface area is 150 Å². The van der Waals surface area contributed by atoms with Gasteiger partial charge in [-0.3, -0.25) is 0 Å². The molecule has 2 heterocycles. The summed E-state index contributed by atoms with van der Waals surface area (Å²) in [6, 6.07) is 14.2. The van der Waals surface area contributed by atoms with E-state index >= 15 is 0 Å². The summed E-state index contributed by atoms with van der Waals surface area (Å²) in [5.41, 5.74) is 2.72. The maximum Gasteiger partial charge on any atom is 0.177 e. The molecule has 7 heteroatoms. The lowest BCUT2D eigenvalue weighted by Gasteiger charge is -2.23. The molecule has 1 aliphatic heterocycles. The molecular formula is C19H19FN4O2. The molecule has 0 spiro atoms. The number of nitrogens with zero attached hydrogens (tertiary/aromatic N) is 4. The summed E-state index contributed by atoms with van der Waals surface area (Å²) in [6.07, 6.45) is 1.58. The van der Waals surface area contributed by atoms with E-state index in [2.05, 4.69) is 15.2 Å². The number of halogens is 1. The van der Waals surface area contributed by atoms with Gasteiger partial charge in [0.25, 0.3) is 0 Å². The van der Waals surface area contributed by atoms with Gasteiger partial charge in [-0.25, -0.2) is 9.07 Å². The highest BCUT2D eigenvalue weighted by Gasteiger charge is 2.29. The van der Waals surface area contributed by atoms with Crippen LogP contribution in [-0.4, -0.2) is 35.3 Å². The first-order valence-electron chi connectivity index (χ1n) is 8.40. The highest BCUT2D eigenvalue weighted by atomic mass is 19.1. The van der Waals surface area contributed by atoms with E-state index in [1.807, 2.05) is 30.5 Å². The number of rotatable bonds is 5. The van der Waals surface area contributed by atoms with Crippen LogP contribution in [-0.2, 0) is 11.3 Å². The molecule has 0 N–H and O–H groups in total. The summed E-state index contributed by atoms with van der Waals surface area (Å²) in [7, 11) is 1.65. The summed E-state index contributed by atoms with van der Waals surface area (Å²) in [6.45, 7) is 1.91. The van der Waals surface area contributed by atoms with Crippen molar-refractivity contribution in [2.75, 3.05) is 25.2 Å². The summed E-state index contributed by atoms with van der Waals surface area (Å²) < 4.78 is 25.9. The van der Waals surface area contributed by atoms with Gasteiger partial charge < -0.3 is 14.4 Å². The Kier molecular flexibility index (Phi) is 4.53. The van der Waals surface area contributed by atoms with Crippen molar-refractivity contribution in [3.8, 4) is 5.75 Å². The van der Waals surface area contributed by atoms with E-state index in [0.29, 0.717) is 13.2 Å². The molecule has 1 atom stereocenters. The molecule has 0 unspecified atom stereocenters. The molecule has 0 bridgehead atoms. The fourth-order valence-corrected chi connectivity index (χ4v) is 3.05. The van der Waals surface area contributed by atoms with E-state index < -0.39 is 0 Å². The molecule has 0 amide bonds. The lowest BCUT2D eigenvalue weighted by atomic mass is 10.2. The van der Waals surface area contributed by atoms with E-state index in [9.17, 15) is 4.39 Å². The van der Waals surface area contributed by atoms with Gasteiger partial charge in [0.15, 0.2) is 6.23 Å². The minimum absolute atomic E-state index is 0.249. The van der Waals surface area contributed by atoms with Gasteiger partial charge in [-0.05, 0) is 29.8 Å². The average Bonchev–Trinajstić information content (AvgIpc) is 3.33. The predicted octanol–water partition coefficient (Wildman–Crippen LogP) is 3.01. The number of anilines is 1. The normalized spacial score (nSPS) is 16.8. The number of benzene rings is 2. The minimum atomic E-state index is -0.288. The molecule has 134 valence electrons. The summed E-state index contributed by atoms with van der Waals surface area (Å²) >= 11 is 0. The molecule has 1 aromatic heterocycles. The molecule has 0 aliphatic carbocycles. The van der Waals surface area contributed by atoms with Gasteiger partial charge in [-0.2, -0.15) is 0 Å². The first-order chi connectivity index (χ1) is 12.7. The number of methoxy groups -OCH3 is 1. The largest absolute Gasteiger partial charge is 0.497 e. The van der Waals surface area contributed by atoms with Crippen molar-refractivity contribution in [2.45, 2.75) is 12.8 Å². The molecule has 3 aromatic rings. The number of hydrogen-bond acceptors (Lipinski definition) is 5. The van der Waals surface area contributed by atoms with E-state index in [0.717, 1.165) is 29.2 Å². The summed E-state index contributed by atoms with van der Waals surface area (Å²) in [5.74, 6) is 0.550. The van der Waals surface area contributed by atoms with Gasteiger partial charge in [0.2, 0.25) is 0 Å². The van der Waals surface area contributed by atoms with Crippen molar-refractivity contribution < 1.29 is 13.9 Å². The third kappa shape index (κ3) is 3.39. The van der Waals surface area contributed by atoms with Crippen molar-refractivity contribution in [1.29, 1.82) is 0 Å². The Morgan fingerprint density at radius 1 is 1.23 bits per heavy atom. The molecule has 2 aromatic carbocycles. The number of hydrogen-bond donors (Lipinski definition) is 0. The minimum Gasteiger partial charge on any atom is -0.497 e. The number of aromatic nitrogens is 3. The zero-order valence-corrected chi connectivity index (χ0v) is 14.4. The van der Waals surface area contributed by atoms with Crippen LogP contribution in [0.2, 0.25) is 0 Å². The average molecular weight is 354 g/mol. The third-order valence-corrected chi connectivity index (χ3v) is 4.34. The Hall–Kier alpha value is -2.93. The molecule has 0 saturated carbocycles. The fourth-order valence-electron chi connectivity index (χ4n) is 3.05. The van der Waals surface area contributed by atoms with E-state index in [-0.39, 0.29) is 12.0 Å². The van der Waals surface area contributed by atoms with Crippen molar-refractivity contribution in [3.63, 3.8) is 0 Å². The van der Waals surface area contributed by atoms with E-state index in [4.69, 9.17) is 9.47 Å². The molecule has 1 saturated heterocycles. The SMILES string of the molecule is COc1cccc(N2CCO[C@H]2c2cn(Cc3ccc(F)cc3)nn2)c1. The molecule has 4 rings (SSSR count). The van der Waals surface area contributed by atoms with Crippen LogP contribution in [0.3, 0.4) is 0 Å². The van der Waals surface area contributed by atoms with Crippen molar-refractivity contribution in [1.82, 2.24) is 15.0 Å². The monoisotopic (exact) mass is 354 g/mol. The summed E-state index contributed by atoms with van der Waals surface area (Å²) in [4.78, 5) is 2.13. The fraction of sp³-hybridized carbons (Fsp3) is 0.263.